The maximum absolute atomic E-state index is 11.9. The van der Waals surface area contributed by atoms with Crippen molar-refractivity contribution >= 4 is 5.91 Å². The number of hydrogen-bond acceptors (Lipinski definition) is 3. The van der Waals surface area contributed by atoms with E-state index in [2.05, 4.69) is 12.2 Å². The highest BCUT2D eigenvalue weighted by atomic mass is 16.5. The molecule has 14 heavy (non-hydrogen) atoms. The Hall–Kier alpha value is -0.610. The van der Waals surface area contributed by atoms with Gasteiger partial charge in [0.2, 0.25) is 5.91 Å². The Morgan fingerprint density at radius 2 is 2.29 bits per heavy atom. The smallest absolute Gasteiger partial charge is 0.239 e. The van der Waals surface area contributed by atoms with Crippen LogP contribution in [0, 0.1) is 0 Å². The van der Waals surface area contributed by atoms with Crippen LogP contribution in [0.2, 0.25) is 0 Å². The van der Waals surface area contributed by atoms with Crippen LogP contribution in [-0.2, 0) is 9.53 Å². The Labute approximate surface area is 85.6 Å². The van der Waals surface area contributed by atoms with Gasteiger partial charge in [-0.25, -0.2) is 0 Å². The number of ether oxygens (including phenoxy) is 1. The highest BCUT2D eigenvalue weighted by Gasteiger charge is 2.27. The average molecular weight is 200 g/mol. The zero-order valence-electron chi connectivity index (χ0n) is 9.25. The summed E-state index contributed by atoms with van der Waals surface area (Å²) in [4.78, 5) is 13.8. The van der Waals surface area contributed by atoms with E-state index in [-0.39, 0.29) is 11.9 Å². The van der Waals surface area contributed by atoms with E-state index in [1.807, 2.05) is 11.8 Å². The summed E-state index contributed by atoms with van der Waals surface area (Å²) in [5.74, 6) is 0.187. The number of amides is 1. The minimum atomic E-state index is -0.0585. The number of rotatable bonds is 3. The van der Waals surface area contributed by atoms with Gasteiger partial charge in [0.1, 0.15) is 0 Å². The van der Waals surface area contributed by atoms with Gasteiger partial charge in [-0.1, -0.05) is 0 Å². The summed E-state index contributed by atoms with van der Waals surface area (Å²) in [5.41, 5.74) is 0. The van der Waals surface area contributed by atoms with Crippen LogP contribution >= 0.6 is 0 Å². The van der Waals surface area contributed by atoms with E-state index in [0.29, 0.717) is 19.2 Å². The van der Waals surface area contributed by atoms with Crippen LogP contribution in [0.1, 0.15) is 20.3 Å². The number of nitrogens with zero attached hydrogens (tertiary/aromatic N) is 1. The van der Waals surface area contributed by atoms with Crippen molar-refractivity contribution in [3.05, 3.63) is 0 Å². The van der Waals surface area contributed by atoms with Gasteiger partial charge in [-0.2, -0.15) is 0 Å². The van der Waals surface area contributed by atoms with E-state index in [1.54, 1.807) is 7.11 Å². The van der Waals surface area contributed by atoms with Crippen LogP contribution in [0.5, 0.6) is 0 Å². The fourth-order valence-electron chi connectivity index (χ4n) is 1.74. The lowest BCUT2D eigenvalue weighted by molar-refractivity contribution is -0.134. The van der Waals surface area contributed by atoms with Gasteiger partial charge in [0.15, 0.2) is 0 Å². The van der Waals surface area contributed by atoms with E-state index in [4.69, 9.17) is 4.74 Å². The fourth-order valence-corrected chi connectivity index (χ4v) is 1.74. The maximum atomic E-state index is 11.9. The molecule has 2 atom stereocenters. The number of hydrogen-bond donors (Lipinski definition) is 1. The number of methoxy groups -OCH3 is 1. The standard InChI is InChI=1S/C10H20N2O2/c1-8-4-5-11-9(2)10(13)12(8)6-7-14-3/h8-9,11H,4-7H2,1-3H3. The van der Waals surface area contributed by atoms with Gasteiger partial charge in [0, 0.05) is 19.7 Å². The molecule has 4 heteroatoms. The van der Waals surface area contributed by atoms with Gasteiger partial charge >= 0.3 is 0 Å². The van der Waals surface area contributed by atoms with E-state index in [0.717, 1.165) is 13.0 Å². The van der Waals surface area contributed by atoms with Crippen molar-refractivity contribution in [1.82, 2.24) is 10.2 Å². The average Bonchev–Trinajstić information content (AvgIpc) is 2.27. The highest BCUT2D eigenvalue weighted by molar-refractivity contribution is 5.82. The maximum Gasteiger partial charge on any atom is 0.239 e. The molecule has 1 fully saturated rings. The molecule has 1 saturated heterocycles. The lowest BCUT2D eigenvalue weighted by atomic mass is 10.2. The van der Waals surface area contributed by atoms with Crippen molar-refractivity contribution in [1.29, 1.82) is 0 Å². The van der Waals surface area contributed by atoms with Crippen molar-refractivity contribution in [3.8, 4) is 0 Å². The second-order valence-electron chi connectivity index (χ2n) is 3.84. The summed E-state index contributed by atoms with van der Waals surface area (Å²) in [6, 6.07) is 0.256. The molecule has 0 aromatic carbocycles. The van der Waals surface area contributed by atoms with Crippen molar-refractivity contribution in [3.63, 3.8) is 0 Å². The molecule has 0 aromatic heterocycles. The molecule has 0 spiro atoms. The van der Waals surface area contributed by atoms with Crippen LogP contribution < -0.4 is 5.32 Å². The van der Waals surface area contributed by atoms with E-state index in [9.17, 15) is 4.79 Å². The van der Waals surface area contributed by atoms with Gasteiger partial charge in [-0.15, -0.1) is 0 Å². The first kappa shape index (κ1) is 11.5. The minimum absolute atomic E-state index is 0.0585. The summed E-state index contributed by atoms with van der Waals surface area (Å²) in [6.45, 7) is 6.23. The molecule has 1 N–H and O–H groups in total. The third kappa shape index (κ3) is 2.69. The van der Waals surface area contributed by atoms with Crippen LogP contribution in [0.25, 0.3) is 0 Å². The Balaban J connectivity index is 2.59. The van der Waals surface area contributed by atoms with Crippen LogP contribution in [-0.4, -0.2) is 49.7 Å². The Bertz CT molecular complexity index is 197. The third-order valence-electron chi connectivity index (χ3n) is 2.73. The van der Waals surface area contributed by atoms with Crippen molar-refractivity contribution in [2.75, 3.05) is 26.8 Å². The zero-order chi connectivity index (χ0) is 10.6. The first-order valence-corrected chi connectivity index (χ1v) is 5.19. The molecular weight excluding hydrogens is 180 g/mol. The summed E-state index contributed by atoms with van der Waals surface area (Å²) >= 11 is 0. The monoisotopic (exact) mass is 200 g/mol. The normalized spacial score (nSPS) is 29.1. The summed E-state index contributed by atoms with van der Waals surface area (Å²) in [6.07, 6.45) is 1.01. The quantitative estimate of drug-likeness (QED) is 0.709. The number of carbonyl (C=O) groups is 1. The molecule has 0 saturated carbocycles. The van der Waals surface area contributed by atoms with Crippen LogP contribution in [0.15, 0.2) is 0 Å². The zero-order valence-corrected chi connectivity index (χ0v) is 9.25. The van der Waals surface area contributed by atoms with Crippen molar-refractivity contribution in [2.24, 2.45) is 0 Å². The molecule has 1 heterocycles. The SMILES string of the molecule is COCCN1C(=O)C(C)NCCC1C. The molecule has 1 amide bonds. The van der Waals surface area contributed by atoms with Crippen molar-refractivity contribution in [2.45, 2.75) is 32.4 Å². The summed E-state index contributed by atoms with van der Waals surface area (Å²) in [5, 5.41) is 3.20. The van der Waals surface area contributed by atoms with Gasteiger partial charge in [-0.05, 0) is 26.8 Å². The third-order valence-corrected chi connectivity index (χ3v) is 2.73. The van der Waals surface area contributed by atoms with E-state index < -0.39 is 0 Å². The van der Waals surface area contributed by atoms with E-state index >= 15 is 0 Å². The Kier molecular flexibility index (Phi) is 4.35. The molecule has 2 unspecified atom stereocenters. The van der Waals surface area contributed by atoms with E-state index in [1.165, 1.54) is 0 Å². The fraction of sp³-hybridized carbons (Fsp3) is 0.900. The molecule has 0 radical (unpaired) electrons. The lowest BCUT2D eigenvalue weighted by Gasteiger charge is -2.27. The Morgan fingerprint density at radius 3 is 2.93 bits per heavy atom. The van der Waals surface area contributed by atoms with Gasteiger partial charge in [0.05, 0.1) is 12.6 Å². The first-order valence-electron chi connectivity index (χ1n) is 5.19. The Morgan fingerprint density at radius 1 is 1.57 bits per heavy atom. The summed E-state index contributed by atoms with van der Waals surface area (Å²) < 4.78 is 5.00. The second-order valence-corrected chi connectivity index (χ2v) is 3.84. The molecule has 0 aromatic rings. The second kappa shape index (κ2) is 5.32. The summed E-state index contributed by atoms with van der Waals surface area (Å²) in [7, 11) is 1.66. The first-order chi connectivity index (χ1) is 6.66. The molecule has 4 nitrogen and oxygen atoms in total. The van der Waals surface area contributed by atoms with Crippen LogP contribution in [0.3, 0.4) is 0 Å². The lowest BCUT2D eigenvalue weighted by Crippen LogP contribution is -2.45. The molecule has 1 aliphatic rings. The van der Waals surface area contributed by atoms with Gasteiger partial charge < -0.3 is 15.0 Å². The highest BCUT2D eigenvalue weighted by Crippen LogP contribution is 2.09. The molecule has 0 bridgehead atoms. The molecule has 1 aliphatic heterocycles. The molecular formula is C10H20N2O2. The van der Waals surface area contributed by atoms with Gasteiger partial charge in [0.25, 0.3) is 0 Å². The molecule has 82 valence electrons. The predicted molar refractivity (Wildman–Crippen MR) is 55.1 cm³/mol. The van der Waals surface area contributed by atoms with Gasteiger partial charge in [-0.3, -0.25) is 4.79 Å². The van der Waals surface area contributed by atoms with Crippen molar-refractivity contribution < 1.29 is 9.53 Å². The predicted octanol–water partition coefficient (Wildman–Crippen LogP) is 0.232. The number of nitrogens with one attached hydrogen (secondary N) is 1. The topological polar surface area (TPSA) is 41.6 Å². The number of carbonyl (C=O) groups excluding carboxylic acids is 1. The molecule has 1 rings (SSSR count). The van der Waals surface area contributed by atoms with Crippen LogP contribution in [0.4, 0.5) is 0 Å². The minimum Gasteiger partial charge on any atom is -0.383 e. The molecule has 0 aliphatic carbocycles. The largest absolute Gasteiger partial charge is 0.383 e.